The summed E-state index contributed by atoms with van der Waals surface area (Å²) < 4.78 is 5.83. The fourth-order valence-electron chi connectivity index (χ4n) is 1.84. The van der Waals surface area contributed by atoms with E-state index in [0.29, 0.717) is 6.61 Å². The second-order valence-electron chi connectivity index (χ2n) is 4.71. The molecule has 0 spiro atoms. The van der Waals surface area contributed by atoms with Gasteiger partial charge in [-0.25, -0.2) is 0 Å². The average molecular weight is 236 g/mol. The highest BCUT2D eigenvalue weighted by atomic mass is 16.5. The van der Waals surface area contributed by atoms with Gasteiger partial charge in [0.2, 0.25) is 0 Å². The molecule has 1 aromatic carbocycles. The van der Waals surface area contributed by atoms with Gasteiger partial charge in [-0.1, -0.05) is 19.1 Å². The van der Waals surface area contributed by atoms with Crippen LogP contribution in [0.3, 0.4) is 0 Å². The minimum atomic E-state index is -0.182. The lowest BCUT2D eigenvalue weighted by Gasteiger charge is -2.14. The van der Waals surface area contributed by atoms with Crippen molar-refractivity contribution in [2.45, 2.75) is 53.1 Å². The Labute approximate surface area is 105 Å². The lowest BCUT2D eigenvalue weighted by molar-refractivity contribution is 0.148. The predicted molar refractivity (Wildman–Crippen MR) is 71.7 cm³/mol. The third-order valence-electron chi connectivity index (χ3n) is 3.27. The highest BCUT2D eigenvalue weighted by Crippen LogP contribution is 2.25. The van der Waals surface area contributed by atoms with Crippen LogP contribution in [-0.4, -0.2) is 17.8 Å². The summed E-state index contributed by atoms with van der Waals surface area (Å²) in [7, 11) is 0. The molecule has 0 fully saturated rings. The van der Waals surface area contributed by atoms with Gasteiger partial charge in [0.25, 0.3) is 0 Å². The summed E-state index contributed by atoms with van der Waals surface area (Å²) in [6, 6.07) is 4.22. The lowest BCUT2D eigenvalue weighted by Crippen LogP contribution is -2.08. The highest BCUT2D eigenvalue weighted by molar-refractivity contribution is 5.44. The van der Waals surface area contributed by atoms with E-state index < -0.39 is 0 Å². The van der Waals surface area contributed by atoms with Crippen LogP contribution in [0.5, 0.6) is 5.75 Å². The number of hydrogen-bond acceptors (Lipinski definition) is 2. The maximum atomic E-state index is 9.45. The van der Waals surface area contributed by atoms with Gasteiger partial charge in [-0.3, -0.25) is 0 Å². The summed E-state index contributed by atoms with van der Waals surface area (Å²) in [5, 5.41) is 9.45. The quantitative estimate of drug-likeness (QED) is 0.765. The van der Waals surface area contributed by atoms with Gasteiger partial charge in [-0.2, -0.15) is 0 Å². The second-order valence-corrected chi connectivity index (χ2v) is 4.71. The van der Waals surface area contributed by atoms with Crippen molar-refractivity contribution in [3.63, 3.8) is 0 Å². The zero-order valence-corrected chi connectivity index (χ0v) is 11.4. The van der Waals surface area contributed by atoms with E-state index in [1.807, 2.05) is 6.92 Å². The number of aryl methyl sites for hydroxylation is 2. The SMILES string of the molecule is CCC(O)CCCOc1c(C)ccc(C)c1C. The van der Waals surface area contributed by atoms with Crippen molar-refractivity contribution in [1.82, 2.24) is 0 Å². The number of benzene rings is 1. The molecule has 0 saturated heterocycles. The first-order valence-corrected chi connectivity index (χ1v) is 6.44. The van der Waals surface area contributed by atoms with E-state index in [9.17, 15) is 5.11 Å². The number of ether oxygens (including phenoxy) is 1. The molecule has 0 aliphatic heterocycles. The van der Waals surface area contributed by atoms with Gasteiger partial charge in [0, 0.05) is 0 Å². The summed E-state index contributed by atoms with van der Waals surface area (Å²) in [6.45, 7) is 8.95. The maximum Gasteiger partial charge on any atom is 0.125 e. The van der Waals surface area contributed by atoms with Gasteiger partial charge < -0.3 is 9.84 Å². The summed E-state index contributed by atoms with van der Waals surface area (Å²) in [5.74, 6) is 1.01. The van der Waals surface area contributed by atoms with Crippen molar-refractivity contribution in [3.8, 4) is 5.75 Å². The van der Waals surface area contributed by atoms with Crippen molar-refractivity contribution in [2.75, 3.05) is 6.61 Å². The van der Waals surface area contributed by atoms with Crippen LogP contribution < -0.4 is 4.74 Å². The smallest absolute Gasteiger partial charge is 0.125 e. The van der Waals surface area contributed by atoms with Crippen LogP contribution in [-0.2, 0) is 0 Å². The fraction of sp³-hybridized carbons (Fsp3) is 0.600. The molecule has 0 bridgehead atoms. The number of aliphatic hydroxyl groups is 1. The Morgan fingerprint density at radius 3 is 2.47 bits per heavy atom. The van der Waals surface area contributed by atoms with Crippen LogP contribution in [0.25, 0.3) is 0 Å². The molecule has 1 atom stereocenters. The fourth-order valence-corrected chi connectivity index (χ4v) is 1.84. The predicted octanol–water partition coefficient (Wildman–Crippen LogP) is 3.54. The van der Waals surface area contributed by atoms with Crippen molar-refractivity contribution < 1.29 is 9.84 Å². The van der Waals surface area contributed by atoms with Crippen molar-refractivity contribution in [1.29, 1.82) is 0 Å². The Balaban J connectivity index is 2.49. The Morgan fingerprint density at radius 1 is 1.18 bits per heavy atom. The monoisotopic (exact) mass is 236 g/mol. The van der Waals surface area contributed by atoms with Gasteiger partial charge in [0.05, 0.1) is 12.7 Å². The molecule has 2 heteroatoms. The van der Waals surface area contributed by atoms with Crippen LogP contribution in [0.2, 0.25) is 0 Å². The molecule has 17 heavy (non-hydrogen) atoms. The van der Waals surface area contributed by atoms with Gasteiger partial charge in [0.15, 0.2) is 0 Å². The van der Waals surface area contributed by atoms with Gasteiger partial charge in [0.1, 0.15) is 5.75 Å². The molecule has 0 heterocycles. The Bertz CT molecular complexity index is 358. The Kier molecular flexibility index (Phi) is 5.49. The molecule has 0 aliphatic carbocycles. The minimum Gasteiger partial charge on any atom is -0.493 e. The minimum absolute atomic E-state index is 0.182. The molecule has 0 aliphatic rings. The zero-order valence-electron chi connectivity index (χ0n) is 11.4. The van der Waals surface area contributed by atoms with Crippen LogP contribution in [0.15, 0.2) is 12.1 Å². The summed E-state index contributed by atoms with van der Waals surface area (Å²) in [5.41, 5.74) is 3.67. The topological polar surface area (TPSA) is 29.5 Å². The first kappa shape index (κ1) is 14.0. The standard InChI is InChI=1S/C15H24O2/c1-5-14(16)7-6-10-17-15-12(3)9-8-11(2)13(15)4/h8-9,14,16H,5-7,10H2,1-4H3. The molecule has 0 amide bonds. The van der Waals surface area contributed by atoms with E-state index >= 15 is 0 Å². The third kappa shape index (κ3) is 4.04. The van der Waals surface area contributed by atoms with E-state index in [1.165, 1.54) is 16.7 Å². The van der Waals surface area contributed by atoms with E-state index in [4.69, 9.17) is 4.74 Å². The number of rotatable bonds is 6. The van der Waals surface area contributed by atoms with Crippen LogP contribution in [0.1, 0.15) is 42.9 Å². The largest absolute Gasteiger partial charge is 0.493 e. The van der Waals surface area contributed by atoms with Gasteiger partial charge >= 0.3 is 0 Å². The molecule has 1 aromatic rings. The number of aliphatic hydroxyl groups excluding tert-OH is 1. The molecule has 1 N–H and O–H groups in total. The van der Waals surface area contributed by atoms with Crippen molar-refractivity contribution in [2.24, 2.45) is 0 Å². The zero-order chi connectivity index (χ0) is 12.8. The van der Waals surface area contributed by atoms with Crippen LogP contribution >= 0.6 is 0 Å². The van der Waals surface area contributed by atoms with Gasteiger partial charge in [-0.05, 0) is 56.7 Å². The molecule has 0 aromatic heterocycles. The second kappa shape index (κ2) is 6.65. The van der Waals surface area contributed by atoms with E-state index in [-0.39, 0.29) is 6.10 Å². The van der Waals surface area contributed by atoms with E-state index in [1.54, 1.807) is 0 Å². The highest BCUT2D eigenvalue weighted by Gasteiger charge is 2.06. The molecule has 0 saturated carbocycles. The summed E-state index contributed by atoms with van der Waals surface area (Å²) in [6.07, 6.45) is 2.36. The van der Waals surface area contributed by atoms with E-state index in [0.717, 1.165) is 25.0 Å². The van der Waals surface area contributed by atoms with Crippen LogP contribution in [0.4, 0.5) is 0 Å². The molecule has 96 valence electrons. The van der Waals surface area contributed by atoms with E-state index in [2.05, 4.69) is 32.9 Å². The lowest BCUT2D eigenvalue weighted by atomic mass is 10.1. The molecule has 0 radical (unpaired) electrons. The first-order valence-electron chi connectivity index (χ1n) is 6.44. The van der Waals surface area contributed by atoms with Crippen LogP contribution in [0, 0.1) is 20.8 Å². The summed E-state index contributed by atoms with van der Waals surface area (Å²) in [4.78, 5) is 0. The Hall–Kier alpha value is -1.02. The van der Waals surface area contributed by atoms with Crippen molar-refractivity contribution in [3.05, 3.63) is 28.8 Å². The Morgan fingerprint density at radius 2 is 1.82 bits per heavy atom. The first-order chi connectivity index (χ1) is 8.06. The molecule has 1 rings (SSSR count). The number of hydrogen-bond donors (Lipinski definition) is 1. The van der Waals surface area contributed by atoms with Gasteiger partial charge in [-0.15, -0.1) is 0 Å². The molecule has 2 nitrogen and oxygen atoms in total. The molecular formula is C15H24O2. The molecular weight excluding hydrogens is 212 g/mol. The summed E-state index contributed by atoms with van der Waals surface area (Å²) >= 11 is 0. The maximum absolute atomic E-state index is 9.45. The normalized spacial score (nSPS) is 12.5. The molecule has 1 unspecified atom stereocenters. The average Bonchev–Trinajstić information content (AvgIpc) is 2.32. The van der Waals surface area contributed by atoms with Crippen molar-refractivity contribution >= 4 is 0 Å². The third-order valence-corrected chi connectivity index (χ3v) is 3.27.